The highest BCUT2D eigenvalue weighted by Crippen LogP contribution is 2.36. The smallest absolute Gasteiger partial charge is 0.343 e. The number of carbonyl (C=O) groups is 2. The molecule has 3 aromatic rings. The fourth-order valence-electron chi connectivity index (χ4n) is 3.70. The summed E-state index contributed by atoms with van der Waals surface area (Å²) in [5.41, 5.74) is 4.29. The maximum Gasteiger partial charge on any atom is 0.343 e. The molecule has 30 heavy (non-hydrogen) atoms. The molecule has 0 aliphatic heterocycles. The van der Waals surface area contributed by atoms with E-state index < -0.39 is 5.97 Å². The normalized spacial score (nSPS) is 10.9. The molecular weight excluding hydrogens is 384 g/mol. The first kappa shape index (κ1) is 21.5. The number of ether oxygens (including phenoxy) is 2. The van der Waals surface area contributed by atoms with Gasteiger partial charge in [-0.15, -0.1) is 0 Å². The number of hydrogen-bond acceptors (Lipinski definition) is 6. The molecule has 1 aromatic heterocycles. The minimum Gasteiger partial charge on any atom is -0.481 e. The number of methoxy groups -OCH3 is 1. The van der Waals surface area contributed by atoms with Crippen LogP contribution >= 0.6 is 0 Å². The molecule has 0 atom stereocenters. The lowest BCUT2D eigenvalue weighted by Gasteiger charge is -2.12. The van der Waals surface area contributed by atoms with Crippen LogP contribution in [0.25, 0.3) is 10.9 Å². The van der Waals surface area contributed by atoms with Crippen molar-refractivity contribution in [3.63, 3.8) is 0 Å². The molecule has 2 N–H and O–H groups in total. The van der Waals surface area contributed by atoms with Gasteiger partial charge in [0.15, 0.2) is 12.4 Å². The Bertz CT molecular complexity index is 1060. The molecule has 0 saturated heterocycles. The Balaban J connectivity index is 2.25. The zero-order valence-corrected chi connectivity index (χ0v) is 17.4. The second kappa shape index (κ2) is 9.56. The predicted molar refractivity (Wildman–Crippen MR) is 114 cm³/mol. The number of benzene rings is 2. The molecule has 3 rings (SSSR count). The third-order valence-corrected chi connectivity index (χ3v) is 4.97. The molecule has 0 saturated carbocycles. The second-order valence-corrected chi connectivity index (χ2v) is 7.00. The highest BCUT2D eigenvalue weighted by molar-refractivity contribution is 6.12. The van der Waals surface area contributed by atoms with E-state index in [1.54, 1.807) is 0 Å². The van der Waals surface area contributed by atoms with Crippen LogP contribution in [0.4, 0.5) is 0 Å². The van der Waals surface area contributed by atoms with Crippen molar-refractivity contribution in [1.82, 2.24) is 4.57 Å². The highest BCUT2D eigenvalue weighted by Gasteiger charge is 2.25. The van der Waals surface area contributed by atoms with Crippen molar-refractivity contribution in [3.8, 4) is 5.75 Å². The van der Waals surface area contributed by atoms with Gasteiger partial charge in [0.2, 0.25) is 0 Å². The van der Waals surface area contributed by atoms with Crippen LogP contribution in [0.1, 0.15) is 34.1 Å². The van der Waals surface area contributed by atoms with Gasteiger partial charge in [0.05, 0.1) is 23.6 Å². The van der Waals surface area contributed by atoms with Crippen molar-refractivity contribution in [3.05, 3.63) is 64.8 Å². The summed E-state index contributed by atoms with van der Waals surface area (Å²) >= 11 is 0. The quantitative estimate of drug-likeness (QED) is 0.331. The minimum absolute atomic E-state index is 0.238. The molecular formula is C23H26N2O5. The number of esters is 1. The summed E-state index contributed by atoms with van der Waals surface area (Å²) < 4.78 is 12.6. The number of carbonyl (C=O) groups excluding carboxylic acids is 2. The summed E-state index contributed by atoms with van der Waals surface area (Å²) in [6.07, 6.45) is 0.628. The fraction of sp³-hybridized carbons (Fsp3) is 0.304. The lowest BCUT2D eigenvalue weighted by Crippen LogP contribution is -2.16. The van der Waals surface area contributed by atoms with Crippen molar-refractivity contribution in [2.24, 2.45) is 5.90 Å². The van der Waals surface area contributed by atoms with Crippen LogP contribution in [-0.4, -0.2) is 36.6 Å². The topological polar surface area (TPSA) is 92.8 Å². The van der Waals surface area contributed by atoms with Gasteiger partial charge in [-0.05, 0) is 36.6 Å². The Hall–Kier alpha value is -3.16. The largest absolute Gasteiger partial charge is 0.481 e. The van der Waals surface area contributed by atoms with Gasteiger partial charge in [-0.1, -0.05) is 37.3 Å². The van der Waals surface area contributed by atoms with E-state index in [9.17, 15) is 9.59 Å². The number of aryl methyl sites for hydroxylation is 1. The average Bonchev–Trinajstić information content (AvgIpc) is 3.05. The molecule has 0 fully saturated rings. The Morgan fingerprint density at radius 2 is 1.83 bits per heavy atom. The Kier molecular flexibility index (Phi) is 6.87. The van der Waals surface area contributed by atoms with Crippen LogP contribution < -0.4 is 10.6 Å². The van der Waals surface area contributed by atoms with Crippen LogP contribution in [0.3, 0.4) is 0 Å². The maximum atomic E-state index is 13.0. The summed E-state index contributed by atoms with van der Waals surface area (Å²) in [7, 11) is 1.30. The molecule has 1 heterocycles. The minimum atomic E-state index is -0.498. The molecule has 0 amide bonds. The van der Waals surface area contributed by atoms with Crippen molar-refractivity contribution in [2.45, 2.75) is 26.8 Å². The summed E-state index contributed by atoms with van der Waals surface area (Å²) in [6, 6.07) is 13.9. The highest BCUT2D eigenvalue weighted by atomic mass is 16.6. The van der Waals surface area contributed by atoms with Crippen molar-refractivity contribution in [1.29, 1.82) is 0 Å². The van der Waals surface area contributed by atoms with Crippen molar-refractivity contribution < 1.29 is 23.9 Å². The van der Waals surface area contributed by atoms with Gasteiger partial charge in [-0.25, -0.2) is 10.7 Å². The van der Waals surface area contributed by atoms with Crippen molar-refractivity contribution >= 4 is 22.7 Å². The molecule has 0 radical (unpaired) electrons. The Labute approximate surface area is 175 Å². The monoisotopic (exact) mass is 410 g/mol. The van der Waals surface area contributed by atoms with Crippen molar-refractivity contribution in [2.75, 3.05) is 20.3 Å². The predicted octanol–water partition coefficient (Wildman–Crippen LogP) is 3.19. The SMILES string of the molecule is CCc1c(C(=O)CON)c2c(OCC(=O)OC)cc(C)cc2n1Cc1ccccc1. The van der Waals surface area contributed by atoms with Gasteiger partial charge >= 0.3 is 5.97 Å². The van der Waals surface area contributed by atoms with Gasteiger partial charge < -0.3 is 14.0 Å². The number of nitrogens with zero attached hydrogens (tertiary/aromatic N) is 1. The third kappa shape index (κ3) is 4.37. The van der Waals surface area contributed by atoms with E-state index in [2.05, 4.69) is 14.1 Å². The molecule has 0 unspecified atom stereocenters. The van der Waals surface area contributed by atoms with E-state index in [4.69, 9.17) is 10.6 Å². The zero-order valence-electron chi connectivity index (χ0n) is 17.4. The van der Waals surface area contributed by atoms with E-state index in [0.717, 1.165) is 22.3 Å². The van der Waals surface area contributed by atoms with Crippen LogP contribution in [0.5, 0.6) is 5.75 Å². The lowest BCUT2D eigenvalue weighted by molar-refractivity contribution is -0.142. The number of hydrogen-bond donors (Lipinski definition) is 1. The van der Waals surface area contributed by atoms with E-state index in [1.165, 1.54) is 7.11 Å². The molecule has 158 valence electrons. The van der Waals surface area contributed by atoms with Gasteiger partial charge in [0, 0.05) is 12.2 Å². The Morgan fingerprint density at radius 1 is 1.10 bits per heavy atom. The van der Waals surface area contributed by atoms with E-state index in [0.29, 0.717) is 29.7 Å². The number of Topliss-reactive ketones (excluding diaryl/α,β-unsaturated/α-hetero) is 1. The average molecular weight is 410 g/mol. The lowest BCUT2D eigenvalue weighted by atomic mass is 10.0. The molecule has 0 aliphatic rings. The number of rotatable bonds is 9. The fourth-order valence-corrected chi connectivity index (χ4v) is 3.70. The van der Waals surface area contributed by atoms with Gasteiger partial charge in [-0.2, -0.15) is 0 Å². The van der Waals surface area contributed by atoms with Gasteiger partial charge in [-0.3, -0.25) is 9.63 Å². The second-order valence-electron chi connectivity index (χ2n) is 7.00. The molecule has 0 spiro atoms. The number of nitrogens with two attached hydrogens (primary N) is 1. The molecule has 0 bridgehead atoms. The number of fused-ring (bicyclic) bond motifs is 1. The van der Waals surface area contributed by atoms with Gasteiger partial charge in [0.1, 0.15) is 12.4 Å². The first-order valence-corrected chi connectivity index (χ1v) is 9.74. The van der Waals surface area contributed by atoms with E-state index >= 15 is 0 Å². The number of ketones is 1. The summed E-state index contributed by atoms with van der Waals surface area (Å²) in [6.45, 7) is 4.04. The first-order chi connectivity index (χ1) is 14.5. The summed E-state index contributed by atoms with van der Waals surface area (Å²) in [5, 5.41) is 0.652. The third-order valence-electron chi connectivity index (χ3n) is 4.97. The first-order valence-electron chi connectivity index (χ1n) is 9.74. The zero-order chi connectivity index (χ0) is 21.7. The Morgan fingerprint density at radius 3 is 2.47 bits per heavy atom. The molecule has 2 aromatic carbocycles. The van der Waals surface area contributed by atoms with Crippen LogP contribution in [0, 0.1) is 6.92 Å². The van der Waals surface area contributed by atoms with Crippen LogP contribution in [-0.2, 0) is 27.3 Å². The molecule has 0 aliphatic carbocycles. The standard InChI is InChI=1S/C23H26N2O5/c1-4-17-22(19(26)13-30-24)23-18(25(17)12-16-8-6-5-7-9-16)10-15(2)11-20(23)29-14-21(27)28-3/h5-11H,4,12-14,24H2,1-3H3. The maximum absolute atomic E-state index is 13.0. The molecule has 7 nitrogen and oxygen atoms in total. The number of aromatic nitrogens is 1. The molecule has 7 heteroatoms. The summed E-state index contributed by atoms with van der Waals surface area (Å²) in [5.74, 6) is 4.91. The summed E-state index contributed by atoms with van der Waals surface area (Å²) in [4.78, 5) is 29.3. The van der Waals surface area contributed by atoms with Crippen LogP contribution in [0.2, 0.25) is 0 Å². The van der Waals surface area contributed by atoms with E-state index in [1.807, 2.05) is 56.3 Å². The van der Waals surface area contributed by atoms with E-state index in [-0.39, 0.29) is 19.0 Å². The van der Waals surface area contributed by atoms with Crippen LogP contribution in [0.15, 0.2) is 42.5 Å². The van der Waals surface area contributed by atoms with Gasteiger partial charge in [0.25, 0.3) is 0 Å².